The van der Waals surface area contributed by atoms with Crippen LogP contribution in [0, 0.1) is 41.5 Å². The van der Waals surface area contributed by atoms with Gasteiger partial charge in [0.15, 0.2) is 0 Å². The van der Waals surface area contributed by atoms with Crippen LogP contribution in [-0.4, -0.2) is 174 Å². The first kappa shape index (κ1) is 98.2. The van der Waals surface area contributed by atoms with E-state index in [4.69, 9.17) is 27.9 Å². The molecular formula is C86H106B6O30. The number of hydrogen-bond acceptors (Lipinski definition) is 24. The van der Waals surface area contributed by atoms with Crippen LogP contribution in [0.3, 0.4) is 0 Å². The van der Waals surface area contributed by atoms with Gasteiger partial charge in [0, 0.05) is 112 Å². The topological polar surface area (TPSA) is 503 Å². The van der Waals surface area contributed by atoms with Crippen molar-refractivity contribution in [3.63, 3.8) is 0 Å². The highest BCUT2D eigenvalue weighted by Gasteiger charge is 2.44. The molecule has 6 aromatic carbocycles. The van der Waals surface area contributed by atoms with E-state index in [1.54, 1.807) is 104 Å². The fraction of sp³-hybridized carbons (Fsp3) is 0.442. The summed E-state index contributed by atoms with van der Waals surface area (Å²) in [5, 5.41) is 115. The third-order valence-corrected chi connectivity index (χ3v) is 22.0. The van der Waals surface area contributed by atoms with Crippen LogP contribution in [0.2, 0.25) is 34.9 Å². The van der Waals surface area contributed by atoms with Crippen LogP contribution in [0.15, 0.2) is 72.8 Å². The Balaban J connectivity index is 0.000000201. The van der Waals surface area contributed by atoms with Crippen molar-refractivity contribution < 1.29 is 146 Å². The molecule has 6 aliphatic heterocycles. The number of carbonyl (C=O) groups excluding carboxylic acids is 6. The first-order chi connectivity index (χ1) is 57.6. The maximum Gasteiger partial charge on any atom is 0.526 e. The number of benzene rings is 6. The van der Waals surface area contributed by atoms with Crippen molar-refractivity contribution in [1.82, 2.24) is 0 Å². The maximum atomic E-state index is 11.7. The number of carboxylic acids is 6. The van der Waals surface area contributed by atoms with Gasteiger partial charge in [0.2, 0.25) is 0 Å². The Morgan fingerprint density at radius 3 is 0.664 bits per heavy atom. The second-order valence-corrected chi connectivity index (χ2v) is 31.6. The van der Waals surface area contributed by atoms with Gasteiger partial charge in [0.25, 0.3) is 0 Å². The second kappa shape index (κ2) is 44.8. The quantitative estimate of drug-likeness (QED) is 0.0224. The summed E-state index contributed by atoms with van der Waals surface area (Å²) in [7, 11) is -6.84. The fourth-order valence-electron chi connectivity index (χ4n) is 15.5. The molecule has 6 aliphatic rings. The van der Waals surface area contributed by atoms with E-state index in [0.717, 1.165) is 57.3 Å². The Bertz CT molecular complexity index is 4610. The van der Waals surface area contributed by atoms with Crippen molar-refractivity contribution >= 4 is 113 Å². The maximum absolute atomic E-state index is 11.7. The summed E-state index contributed by atoms with van der Waals surface area (Å²) in [6, 6.07) is 20.8. The molecular weight excluding hydrogens is 1580 g/mol. The van der Waals surface area contributed by atoms with E-state index < -0.39 is 78.5 Å². The third kappa shape index (κ3) is 25.6. The molecule has 12 rings (SSSR count). The fourth-order valence-corrected chi connectivity index (χ4v) is 15.5. The molecule has 0 saturated carbocycles. The third-order valence-electron chi connectivity index (χ3n) is 22.0. The highest BCUT2D eigenvalue weighted by Crippen LogP contribution is 2.44. The molecule has 0 fully saturated rings. The molecule has 0 saturated heterocycles. The lowest BCUT2D eigenvalue weighted by atomic mass is 9.64. The Hall–Kier alpha value is -10.9. The van der Waals surface area contributed by atoms with Crippen LogP contribution < -0.4 is 27.9 Å². The van der Waals surface area contributed by atoms with Gasteiger partial charge in [-0.15, -0.1) is 0 Å². The Morgan fingerprint density at radius 1 is 0.279 bits per heavy atom. The molecule has 6 aromatic rings. The Morgan fingerprint density at radius 2 is 0.475 bits per heavy atom. The van der Waals surface area contributed by atoms with E-state index >= 15 is 0 Å². The van der Waals surface area contributed by atoms with Gasteiger partial charge in [-0.1, -0.05) is 102 Å². The zero-order chi connectivity index (χ0) is 90.6. The lowest BCUT2D eigenvalue weighted by molar-refractivity contribution is -0.120. The Labute approximate surface area is 709 Å². The van der Waals surface area contributed by atoms with E-state index in [-0.39, 0.29) is 176 Å². The number of ketones is 6. The molecule has 0 radical (unpaired) electrons. The first-order valence-corrected chi connectivity index (χ1v) is 40.9. The highest BCUT2D eigenvalue weighted by atomic mass is 16.5. The number of aryl methyl sites for hydroxylation is 6. The molecule has 30 nitrogen and oxygen atoms in total. The molecule has 36 heteroatoms. The largest absolute Gasteiger partial charge is 0.535 e. The van der Waals surface area contributed by atoms with Gasteiger partial charge >= 0.3 is 78.5 Å². The van der Waals surface area contributed by atoms with Crippen molar-refractivity contribution in [2.45, 2.75) is 246 Å². The second-order valence-electron chi connectivity index (χ2n) is 31.6. The van der Waals surface area contributed by atoms with Gasteiger partial charge in [-0.2, -0.15) is 0 Å². The van der Waals surface area contributed by atoms with Crippen molar-refractivity contribution in [3.05, 3.63) is 173 Å². The molecule has 0 aliphatic carbocycles. The van der Waals surface area contributed by atoms with Crippen molar-refractivity contribution in [2.75, 3.05) is 0 Å². The predicted octanol–water partition coefficient (Wildman–Crippen LogP) is 11.9. The van der Waals surface area contributed by atoms with E-state index in [9.17, 15) is 118 Å². The number of fused-ring (bicyclic) bond motifs is 6. The average Bonchev–Trinajstić information content (AvgIpc) is 0.812. The number of Topliss-reactive ketones (excluding diaryl/α,β-unsaturated/α-hetero) is 6. The summed E-state index contributed by atoms with van der Waals surface area (Å²) in [6.07, 6.45) is 8.40. The van der Waals surface area contributed by atoms with E-state index in [1.807, 2.05) is 39.8 Å². The van der Waals surface area contributed by atoms with Gasteiger partial charge in [-0.05, 0) is 172 Å². The molecule has 6 heterocycles. The van der Waals surface area contributed by atoms with Gasteiger partial charge in [0.1, 0.15) is 103 Å². The van der Waals surface area contributed by atoms with Crippen LogP contribution in [0.1, 0.15) is 260 Å². The monoisotopic (exact) mass is 1680 g/mol. The number of rotatable bonds is 26. The molecule has 648 valence electrons. The van der Waals surface area contributed by atoms with Crippen molar-refractivity contribution in [3.8, 4) is 34.5 Å². The molecule has 0 bridgehead atoms. The summed E-state index contributed by atoms with van der Waals surface area (Å²) >= 11 is 0. The summed E-state index contributed by atoms with van der Waals surface area (Å²) in [6.45, 7) is 21.3. The van der Waals surface area contributed by atoms with E-state index in [2.05, 4.69) is 0 Å². The summed E-state index contributed by atoms with van der Waals surface area (Å²) in [5.41, 5.74) is 8.86. The molecule has 6 atom stereocenters. The minimum atomic E-state index is -1.14. The zero-order valence-corrected chi connectivity index (χ0v) is 70.7. The van der Waals surface area contributed by atoms with Crippen molar-refractivity contribution in [2.24, 2.45) is 0 Å². The van der Waals surface area contributed by atoms with Gasteiger partial charge < -0.3 is 88.7 Å². The van der Waals surface area contributed by atoms with Crippen molar-refractivity contribution in [1.29, 1.82) is 0 Å². The Kier molecular flexibility index (Phi) is 36.0. The summed E-state index contributed by atoms with van der Waals surface area (Å²) in [5.74, 6) is -6.59. The van der Waals surface area contributed by atoms with Crippen LogP contribution >= 0.6 is 0 Å². The standard InChI is InChI=1S/2C15H19BO5.4C14H17BO5/c2*1-3-4-12(17)8-11-7-10-6-5-9(2)13(15(18)19)14(10)21-16(11)20;2*1-3-11(16)7-10-6-9-4-8(2)5-12(14(17)18)13(9)20-15(10)19;2*1-3-11(16)7-10-6-9-5-4-8(2)12(14(17)18)13(9)20-15(10)19/h2*5-6,11,20H,3-4,7-8H2,1-2H3,(H,18,19);4*4-5,10,19H,3,6-7H2,1-2H3,(H,17,18)/t2*11-;4*10-/m111111/s1. The number of carbonyl (C=O) groups is 12. The minimum absolute atomic E-state index is 0.0549. The number of carboxylic acid groups (broad SMARTS) is 6. The minimum Gasteiger partial charge on any atom is -0.535 e. The average molecular weight is 1680 g/mol. The molecule has 0 aromatic heterocycles. The summed E-state index contributed by atoms with van der Waals surface area (Å²) in [4.78, 5) is 137. The van der Waals surface area contributed by atoms with E-state index in [0.29, 0.717) is 99.3 Å². The predicted molar refractivity (Wildman–Crippen MR) is 454 cm³/mol. The molecule has 122 heavy (non-hydrogen) atoms. The van der Waals surface area contributed by atoms with Gasteiger partial charge in [0.05, 0.1) is 0 Å². The normalized spacial score (nSPS) is 17.3. The van der Waals surface area contributed by atoms with Crippen LogP contribution in [0.5, 0.6) is 34.5 Å². The highest BCUT2D eigenvalue weighted by molar-refractivity contribution is 6.49. The number of aromatic carboxylic acids is 6. The SMILES string of the molecule is CCC(=O)C[C@H]1Cc2cc(C)cc(C(=O)O)c2OB1O.CCC(=O)C[C@H]1Cc2cc(C)cc(C(=O)O)c2OB1O.CCC(=O)C[C@H]1Cc2ccc(C)c(C(=O)O)c2OB1O.CCC(=O)C[C@H]1Cc2ccc(C)c(C(=O)O)c2OB1O.CCCC(=O)C[C@H]1Cc2ccc(C)c(C(=O)O)c2OB1O.CCCC(=O)C[C@H]1Cc2ccc(C)c(C(=O)O)c2OB1O. The molecule has 12 N–H and O–H groups in total. The zero-order valence-electron chi connectivity index (χ0n) is 70.7. The van der Waals surface area contributed by atoms with Gasteiger partial charge in [-0.25, -0.2) is 28.8 Å². The summed E-state index contributed by atoms with van der Waals surface area (Å²) < 4.78 is 32.3. The molecule has 0 amide bonds. The smallest absolute Gasteiger partial charge is 0.526 e. The van der Waals surface area contributed by atoms with Crippen LogP contribution in [-0.2, 0) is 67.3 Å². The van der Waals surface area contributed by atoms with Gasteiger partial charge in [-0.3, -0.25) is 28.8 Å². The lowest BCUT2D eigenvalue weighted by Crippen LogP contribution is -2.36. The lowest BCUT2D eigenvalue weighted by Gasteiger charge is -2.28. The van der Waals surface area contributed by atoms with E-state index in [1.165, 1.54) is 12.1 Å². The van der Waals surface area contributed by atoms with Crippen LogP contribution in [0.25, 0.3) is 0 Å². The first-order valence-electron chi connectivity index (χ1n) is 40.9. The number of hydrogen-bond donors (Lipinski definition) is 12. The molecule has 0 unspecified atom stereocenters. The van der Waals surface area contributed by atoms with Crippen LogP contribution in [0.4, 0.5) is 0 Å². The molecule has 0 spiro atoms.